The first-order valence-electron chi connectivity index (χ1n) is 7.13. The van der Waals surface area contributed by atoms with Crippen LogP contribution in [0.2, 0.25) is 5.02 Å². The molecule has 19 heavy (non-hydrogen) atoms. The third-order valence-electron chi connectivity index (χ3n) is 3.62. The van der Waals surface area contributed by atoms with Gasteiger partial charge in [0, 0.05) is 11.0 Å². The number of likely N-dealkylation sites (tertiary alicyclic amines) is 1. The molecule has 106 valence electrons. The number of rotatable bonds is 6. The van der Waals surface area contributed by atoms with Gasteiger partial charge >= 0.3 is 0 Å². The van der Waals surface area contributed by atoms with Crippen LogP contribution in [0.3, 0.4) is 0 Å². The quantitative estimate of drug-likeness (QED) is 0.782. The summed E-state index contributed by atoms with van der Waals surface area (Å²) in [5.74, 6) is 0. The van der Waals surface area contributed by atoms with Gasteiger partial charge in [0.05, 0.1) is 5.02 Å². The van der Waals surface area contributed by atoms with Gasteiger partial charge in [0.1, 0.15) is 0 Å². The van der Waals surface area contributed by atoms with Crippen molar-refractivity contribution in [3.63, 3.8) is 0 Å². The van der Waals surface area contributed by atoms with E-state index in [0.29, 0.717) is 0 Å². The number of nitrogens with zero attached hydrogens (tertiary/aromatic N) is 1. The summed E-state index contributed by atoms with van der Waals surface area (Å²) in [6.45, 7) is 5.70. The lowest BCUT2D eigenvalue weighted by atomic mass is 10.1. The SMILES string of the molecule is Clc1c(Br)cccc1CNCCCN1CCCCC1. The molecule has 2 rings (SSSR count). The largest absolute Gasteiger partial charge is 0.313 e. The normalized spacial score (nSPS) is 16.7. The molecule has 1 aromatic rings. The zero-order valence-electron chi connectivity index (χ0n) is 11.3. The highest BCUT2D eigenvalue weighted by atomic mass is 79.9. The fourth-order valence-corrected chi connectivity index (χ4v) is 3.12. The molecule has 1 N–H and O–H groups in total. The van der Waals surface area contributed by atoms with Crippen LogP contribution < -0.4 is 5.32 Å². The zero-order chi connectivity index (χ0) is 13.5. The summed E-state index contributed by atoms with van der Waals surface area (Å²) < 4.78 is 0.974. The Balaban J connectivity index is 1.62. The lowest BCUT2D eigenvalue weighted by Crippen LogP contribution is -2.32. The maximum atomic E-state index is 6.23. The minimum atomic E-state index is 0.825. The molecule has 0 saturated carbocycles. The predicted octanol–water partition coefficient (Wildman–Crippen LogP) is 4.07. The van der Waals surface area contributed by atoms with E-state index < -0.39 is 0 Å². The summed E-state index contributed by atoms with van der Waals surface area (Å²) in [6, 6.07) is 6.08. The molecular weight excluding hydrogens is 324 g/mol. The first-order valence-corrected chi connectivity index (χ1v) is 8.30. The van der Waals surface area contributed by atoms with Gasteiger partial charge in [-0.15, -0.1) is 0 Å². The Bertz CT molecular complexity index is 392. The van der Waals surface area contributed by atoms with Crippen LogP contribution in [-0.2, 0) is 6.54 Å². The Hall–Kier alpha value is -0.0900. The van der Waals surface area contributed by atoms with E-state index >= 15 is 0 Å². The summed E-state index contributed by atoms with van der Waals surface area (Å²) in [5, 5.41) is 4.30. The molecule has 0 atom stereocenters. The maximum absolute atomic E-state index is 6.23. The van der Waals surface area contributed by atoms with E-state index in [4.69, 9.17) is 11.6 Å². The fourth-order valence-electron chi connectivity index (χ4n) is 2.52. The summed E-state index contributed by atoms with van der Waals surface area (Å²) in [4.78, 5) is 2.58. The van der Waals surface area contributed by atoms with Crippen molar-refractivity contribution in [1.82, 2.24) is 10.2 Å². The Morgan fingerprint density at radius 3 is 2.79 bits per heavy atom. The minimum Gasteiger partial charge on any atom is -0.313 e. The van der Waals surface area contributed by atoms with Gasteiger partial charge in [0.25, 0.3) is 0 Å². The van der Waals surface area contributed by atoms with Crippen LogP contribution in [0.1, 0.15) is 31.2 Å². The number of halogens is 2. The smallest absolute Gasteiger partial charge is 0.0592 e. The van der Waals surface area contributed by atoms with Crippen LogP contribution in [0, 0.1) is 0 Å². The summed E-state index contributed by atoms with van der Waals surface area (Å²) in [5.41, 5.74) is 1.16. The number of hydrogen-bond donors (Lipinski definition) is 1. The van der Waals surface area contributed by atoms with Gasteiger partial charge in [-0.2, -0.15) is 0 Å². The topological polar surface area (TPSA) is 15.3 Å². The van der Waals surface area contributed by atoms with Gasteiger partial charge in [-0.3, -0.25) is 0 Å². The number of benzene rings is 1. The molecule has 0 amide bonds. The minimum absolute atomic E-state index is 0.825. The van der Waals surface area contributed by atoms with Crippen LogP contribution in [0.4, 0.5) is 0 Å². The van der Waals surface area contributed by atoms with Crippen LogP contribution in [0.25, 0.3) is 0 Å². The number of nitrogens with one attached hydrogen (secondary N) is 1. The lowest BCUT2D eigenvalue weighted by Gasteiger charge is -2.26. The van der Waals surface area contributed by atoms with E-state index in [-0.39, 0.29) is 0 Å². The molecule has 1 aliphatic heterocycles. The zero-order valence-corrected chi connectivity index (χ0v) is 13.6. The fraction of sp³-hybridized carbons (Fsp3) is 0.600. The molecule has 0 bridgehead atoms. The second-order valence-electron chi connectivity index (χ2n) is 5.15. The van der Waals surface area contributed by atoms with Crippen molar-refractivity contribution in [3.8, 4) is 0 Å². The van der Waals surface area contributed by atoms with Gasteiger partial charge < -0.3 is 10.2 Å². The van der Waals surface area contributed by atoms with Crippen LogP contribution in [0.15, 0.2) is 22.7 Å². The average Bonchev–Trinajstić information content (AvgIpc) is 2.44. The van der Waals surface area contributed by atoms with Crippen LogP contribution in [-0.4, -0.2) is 31.1 Å². The highest BCUT2D eigenvalue weighted by Crippen LogP contribution is 2.25. The van der Waals surface area contributed by atoms with Crippen LogP contribution in [0.5, 0.6) is 0 Å². The molecule has 1 heterocycles. The molecule has 1 aliphatic rings. The molecule has 2 nitrogen and oxygen atoms in total. The predicted molar refractivity (Wildman–Crippen MR) is 85.8 cm³/mol. The van der Waals surface area contributed by atoms with Crippen molar-refractivity contribution < 1.29 is 0 Å². The van der Waals surface area contributed by atoms with Crippen molar-refractivity contribution in [1.29, 1.82) is 0 Å². The molecule has 4 heteroatoms. The maximum Gasteiger partial charge on any atom is 0.0592 e. The third kappa shape index (κ3) is 5.07. The Labute approximate surface area is 129 Å². The summed E-state index contributed by atoms with van der Waals surface area (Å²) in [6.07, 6.45) is 5.38. The summed E-state index contributed by atoms with van der Waals surface area (Å²) >= 11 is 9.69. The lowest BCUT2D eigenvalue weighted by molar-refractivity contribution is 0.225. The highest BCUT2D eigenvalue weighted by Gasteiger charge is 2.09. The molecule has 0 aliphatic carbocycles. The van der Waals surface area contributed by atoms with Gasteiger partial charge in [-0.05, 0) is 73.0 Å². The molecule has 0 unspecified atom stereocenters. The van der Waals surface area contributed by atoms with Gasteiger partial charge in [0.2, 0.25) is 0 Å². The first kappa shape index (κ1) is 15.3. The van der Waals surface area contributed by atoms with Crippen molar-refractivity contribution in [2.24, 2.45) is 0 Å². The standard InChI is InChI=1S/C15H22BrClN2/c16-14-7-4-6-13(15(14)17)12-18-8-5-11-19-9-2-1-3-10-19/h4,6-7,18H,1-3,5,8-12H2. The van der Waals surface area contributed by atoms with Gasteiger partial charge in [-0.1, -0.05) is 30.2 Å². The summed E-state index contributed by atoms with van der Waals surface area (Å²) in [7, 11) is 0. The van der Waals surface area contributed by atoms with E-state index in [1.165, 1.54) is 45.3 Å². The molecule has 0 spiro atoms. The van der Waals surface area contributed by atoms with Crippen molar-refractivity contribution in [2.45, 2.75) is 32.2 Å². The second kappa shape index (κ2) is 8.25. The molecule has 0 aromatic heterocycles. The van der Waals surface area contributed by atoms with Crippen molar-refractivity contribution >= 4 is 27.5 Å². The van der Waals surface area contributed by atoms with E-state index in [1.807, 2.05) is 12.1 Å². The van der Waals surface area contributed by atoms with E-state index in [1.54, 1.807) is 0 Å². The molecule has 1 fully saturated rings. The first-order chi connectivity index (χ1) is 9.27. The monoisotopic (exact) mass is 344 g/mol. The van der Waals surface area contributed by atoms with Gasteiger partial charge in [-0.25, -0.2) is 0 Å². The van der Waals surface area contributed by atoms with Gasteiger partial charge in [0.15, 0.2) is 0 Å². The Morgan fingerprint density at radius 2 is 2.00 bits per heavy atom. The van der Waals surface area contributed by atoms with Crippen LogP contribution >= 0.6 is 27.5 Å². The highest BCUT2D eigenvalue weighted by molar-refractivity contribution is 9.10. The molecule has 1 saturated heterocycles. The average molecular weight is 346 g/mol. The number of hydrogen-bond acceptors (Lipinski definition) is 2. The molecule has 0 radical (unpaired) electrons. The molecular formula is C15H22BrClN2. The van der Waals surface area contributed by atoms with E-state index in [0.717, 1.165) is 28.1 Å². The third-order valence-corrected chi connectivity index (χ3v) is 4.96. The number of piperidine rings is 1. The molecule has 1 aromatic carbocycles. The second-order valence-corrected chi connectivity index (χ2v) is 6.38. The van der Waals surface area contributed by atoms with Crippen molar-refractivity contribution in [3.05, 3.63) is 33.3 Å². The Kier molecular flexibility index (Phi) is 6.65. The Morgan fingerprint density at radius 1 is 1.21 bits per heavy atom. The van der Waals surface area contributed by atoms with Crippen molar-refractivity contribution in [2.75, 3.05) is 26.2 Å². The van der Waals surface area contributed by atoms with E-state index in [9.17, 15) is 0 Å². The van der Waals surface area contributed by atoms with E-state index in [2.05, 4.69) is 32.2 Å².